The van der Waals surface area contributed by atoms with Gasteiger partial charge in [0.25, 0.3) is 0 Å². The Balaban J connectivity index is 1.48. The molecule has 7 rings (SSSR count). The van der Waals surface area contributed by atoms with Crippen LogP contribution >= 0.6 is 0 Å². The van der Waals surface area contributed by atoms with Crippen LogP contribution in [0.2, 0.25) is 0 Å². The Bertz CT molecular complexity index is 2070. The fourth-order valence-corrected chi connectivity index (χ4v) is 6.75. The quantitative estimate of drug-likeness (QED) is 0.147. The SMILES string of the molecule is Cc1ccc2nc3c(nc2c1)N(c1c(C(C)C)cccc1C(C)C)/C(=C\C=C1C(=O)c2cc4ccccc4cc2C1=O)N3C(C)C. The number of benzene rings is 4. The Kier molecular flexibility index (Phi) is 7.11. The molecule has 0 saturated heterocycles. The molecular weight excluding hydrogens is 568 g/mol. The van der Waals surface area contributed by atoms with Crippen LogP contribution in [0.25, 0.3) is 21.8 Å². The topological polar surface area (TPSA) is 66.4 Å². The van der Waals surface area contributed by atoms with E-state index in [0.717, 1.165) is 50.5 Å². The van der Waals surface area contributed by atoms with E-state index in [0.29, 0.717) is 11.1 Å². The summed E-state index contributed by atoms with van der Waals surface area (Å²) < 4.78 is 0. The Labute approximate surface area is 270 Å². The van der Waals surface area contributed by atoms with Gasteiger partial charge in [0.2, 0.25) is 0 Å². The molecule has 4 aromatic carbocycles. The minimum absolute atomic E-state index is 0.0109. The van der Waals surface area contributed by atoms with Gasteiger partial charge in [-0.05, 0) is 96.5 Å². The number of ketones is 2. The highest BCUT2D eigenvalue weighted by Gasteiger charge is 2.40. The van der Waals surface area contributed by atoms with Crippen LogP contribution in [0.3, 0.4) is 0 Å². The Hall–Kier alpha value is -5.10. The molecule has 230 valence electrons. The van der Waals surface area contributed by atoms with Crippen molar-refractivity contribution in [3.8, 4) is 0 Å². The summed E-state index contributed by atoms with van der Waals surface area (Å²) in [5.74, 6) is 2.28. The number of rotatable bonds is 5. The normalized spacial score (nSPS) is 15.4. The number of carbonyl (C=O) groups is 2. The van der Waals surface area contributed by atoms with Crippen molar-refractivity contribution in [2.75, 3.05) is 9.80 Å². The van der Waals surface area contributed by atoms with Crippen LogP contribution in [-0.2, 0) is 0 Å². The summed E-state index contributed by atoms with van der Waals surface area (Å²) in [5, 5.41) is 1.88. The van der Waals surface area contributed by atoms with Crippen LogP contribution in [0.4, 0.5) is 17.3 Å². The standard InChI is InChI=1S/C40H38N4O2/c1-22(2)28-13-10-14-29(23(3)4)36(28)44-35(43(24(5)6)39-40(44)42-34-19-25(7)15-17-33(34)41-39)18-16-30-37(45)31-20-26-11-8-9-12-27(26)21-32(31)38(30)46/h8-24H,1-7H3/b35-18-. The molecule has 0 fully saturated rings. The molecule has 0 N–H and O–H groups in total. The summed E-state index contributed by atoms with van der Waals surface area (Å²) in [6, 6.07) is 24.1. The van der Waals surface area contributed by atoms with Gasteiger partial charge in [0.1, 0.15) is 5.82 Å². The maximum Gasteiger partial charge on any atom is 0.197 e. The molecule has 5 aromatic rings. The number of nitrogens with zero attached hydrogens (tertiary/aromatic N) is 4. The summed E-state index contributed by atoms with van der Waals surface area (Å²) in [7, 11) is 0. The molecule has 1 aromatic heterocycles. The molecule has 0 amide bonds. The fourth-order valence-electron chi connectivity index (χ4n) is 6.75. The summed E-state index contributed by atoms with van der Waals surface area (Å²) in [6.45, 7) is 15.1. The summed E-state index contributed by atoms with van der Waals surface area (Å²) >= 11 is 0. The lowest BCUT2D eigenvalue weighted by Crippen LogP contribution is -2.32. The first-order valence-corrected chi connectivity index (χ1v) is 16.1. The van der Waals surface area contributed by atoms with Crippen LogP contribution in [-0.4, -0.2) is 27.6 Å². The smallest absolute Gasteiger partial charge is 0.197 e. The van der Waals surface area contributed by atoms with Gasteiger partial charge in [-0.1, -0.05) is 76.2 Å². The molecule has 2 heterocycles. The van der Waals surface area contributed by atoms with E-state index in [-0.39, 0.29) is 35.0 Å². The van der Waals surface area contributed by atoms with Crippen LogP contribution in [0.5, 0.6) is 0 Å². The molecule has 0 bridgehead atoms. The number of hydrogen-bond acceptors (Lipinski definition) is 6. The van der Waals surface area contributed by atoms with Crippen LogP contribution in [0, 0.1) is 6.92 Å². The lowest BCUT2D eigenvalue weighted by Gasteiger charge is -2.31. The molecular formula is C40H38N4O2. The third-order valence-corrected chi connectivity index (χ3v) is 9.05. The van der Waals surface area contributed by atoms with Gasteiger partial charge in [-0.3, -0.25) is 14.5 Å². The highest BCUT2D eigenvalue weighted by atomic mass is 16.2. The number of Topliss-reactive ketones (excluding diaryl/α,β-unsaturated/α-hetero) is 2. The fraction of sp³-hybridized carbons (Fsp3) is 0.250. The lowest BCUT2D eigenvalue weighted by atomic mass is 9.92. The molecule has 6 nitrogen and oxygen atoms in total. The summed E-state index contributed by atoms with van der Waals surface area (Å²) in [5.41, 5.74) is 7.29. The molecule has 2 aliphatic rings. The molecule has 6 heteroatoms. The van der Waals surface area contributed by atoms with Crippen molar-refractivity contribution < 1.29 is 9.59 Å². The minimum Gasteiger partial charge on any atom is -0.306 e. The van der Waals surface area contributed by atoms with Crippen LogP contribution < -0.4 is 9.80 Å². The largest absolute Gasteiger partial charge is 0.306 e. The Morgan fingerprint density at radius 1 is 0.652 bits per heavy atom. The highest BCUT2D eigenvalue weighted by molar-refractivity contribution is 6.40. The molecule has 1 aliphatic carbocycles. The van der Waals surface area contributed by atoms with Crippen LogP contribution in [0.15, 0.2) is 96.3 Å². The molecule has 46 heavy (non-hydrogen) atoms. The van der Waals surface area contributed by atoms with E-state index in [1.165, 1.54) is 11.1 Å². The first kappa shape index (κ1) is 29.6. The number of anilines is 3. The van der Waals surface area contributed by atoms with Crippen molar-refractivity contribution in [3.63, 3.8) is 0 Å². The zero-order valence-electron chi connectivity index (χ0n) is 27.4. The summed E-state index contributed by atoms with van der Waals surface area (Å²) in [4.78, 5) is 42.3. The van der Waals surface area contributed by atoms with Crippen molar-refractivity contribution in [2.24, 2.45) is 0 Å². The number of aromatic nitrogens is 2. The van der Waals surface area contributed by atoms with E-state index in [1.807, 2.05) is 48.5 Å². The van der Waals surface area contributed by atoms with Gasteiger partial charge in [0.05, 0.1) is 22.3 Å². The van der Waals surface area contributed by atoms with Gasteiger partial charge in [-0.25, -0.2) is 9.97 Å². The average Bonchev–Trinajstić information content (AvgIpc) is 3.46. The Morgan fingerprint density at radius 3 is 1.80 bits per heavy atom. The third kappa shape index (κ3) is 4.63. The lowest BCUT2D eigenvalue weighted by molar-refractivity contribution is 0.0988. The number of para-hydroxylation sites is 1. The molecule has 0 atom stereocenters. The van der Waals surface area contributed by atoms with E-state index in [1.54, 1.807) is 6.08 Å². The monoisotopic (exact) mass is 606 g/mol. The molecule has 0 unspecified atom stereocenters. The number of allylic oxidation sites excluding steroid dienone is 3. The van der Waals surface area contributed by atoms with E-state index in [4.69, 9.17) is 9.97 Å². The Morgan fingerprint density at radius 2 is 1.24 bits per heavy atom. The first-order chi connectivity index (χ1) is 22.0. The average molecular weight is 607 g/mol. The van der Waals surface area contributed by atoms with Gasteiger partial charge in [0, 0.05) is 17.2 Å². The van der Waals surface area contributed by atoms with Crippen molar-refractivity contribution in [2.45, 2.75) is 66.3 Å². The molecule has 0 spiro atoms. The first-order valence-electron chi connectivity index (χ1n) is 16.1. The van der Waals surface area contributed by atoms with E-state index in [9.17, 15) is 9.59 Å². The number of aryl methyl sites for hydroxylation is 1. The van der Waals surface area contributed by atoms with Crippen molar-refractivity contribution >= 4 is 50.7 Å². The maximum atomic E-state index is 13.7. The second-order valence-electron chi connectivity index (χ2n) is 13.3. The summed E-state index contributed by atoms with van der Waals surface area (Å²) in [6.07, 6.45) is 3.62. The van der Waals surface area contributed by atoms with E-state index >= 15 is 0 Å². The van der Waals surface area contributed by atoms with Crippen molar-refractivity contribution in [1.82, 2.24) is 9.97 Å². The second-order valence-corrected chi connectivity index (χ2v) is 13.3. The zero-order chi connectivity index (χ0) is 32.4. The third-order valence-electron chi connectivity index (χ3n) is 9.05. The number of carbonyl (C=O) groups excluding carboxylic acids is 2. The van der Waals surface area contributed by atoms with Crippen molar-refractivity contribution in [3.05, 3.63) is 124 Å². The van der Waals surface area contributed by atoms with Gasteiger partial charge in [-0.15, -0.1) is 0 Å². The molecule has 0 saturated carbocycles. The van der Waals surface area contributed by atoms with E-state index < -0.39 is 0 Å². The molecule has 0 radical (unpaired) electrons. The molecule has 1 aliphatic heterocycles. The van der Waals surface area contributed by atoms with E-state index in [2.05, 4.69) is 88.6 Å². The van der Waals surface area contributed by atoms with Gasteiger partial charge >= 0.3 is 0 Å². The zero-order valence-corrected chi connectivity index (χ0v) is 27.4. The minimum atomic E-state index is -0.247. The highest BCUT2D eigenvalue weighted by Crippen LogP contribution is 2.50. The number of fused-ring (bicyclic) bond motifs is 4. The van der Waals surface area contributed by atoms with Gasteiger partial charge in [-0.2, -0.15) is 0 Å². The second kappa shape index (κ2) is 11.1. The number of hydrogen-bond donors (Lipinski definition) is 0. The van der Waals surface area contributed by atoms with Crippen molar-refractivity contribution in [1.29, 1.82) is 0 Å². The predicted octanol–water partition coefficient (Wildman–Crippen LogP) is 9.55. The maximum absolute atomic E-state index is 13.7. The van der Waals surface area contributed by atoms with Gasteiger partial charge in [0.15, 0.2) is 23.2 Å². The predicted molar refractivity (Wildman–Crippen MR) is 187 cm³/mol. The van der Waals surface area contributed by atoms with Gasteiger partial charge < -0.3 is 4.90 Å². The van der Waals surface area contributed by atoms with Crippen LogP contribution in [0.1, 0.15) is 90.8 Å².